The molecule has 1 heterocycles. The van der Waals surface area contributed by atoms with Crippen molar-refractivity contribution in [2.24, 2.45) is 17.6 Å². The molecule has 6 atom stereocenters. The topological polar surface area (TPSA) is 243 Å². The molecule has 0 radical (unpaired) electrons. The summed E-state index contributed by atoms with van der Waals surface area (Å²) in [4.78, 5) is 81.1. The van der Waals surface area contributed by atoms with Crippen molar-refractivity contribution in [2.45, 2.75) is 120 Å². The lowest BCUT2D eigenvalue weighted by atomic mass is 9.83. The smallest absolute Gasteiger partial charge is 0.407 e. The van der Waals surface area contributed by atoms with Crippen molar-refractivity contribution >= 4 is 45.5 Å². The van der Waals surface area contributed by atoms with Crippen LogP contribution in [0.1, 0.15) is 90.0 Å². The van der Waals surface area contributed by atoms with Crippen LogP contribution in [-0.2, 0) is 38.7 Å². The molecule has 1 saturated carbocycles. The van der Waals surface area contributed by atoms with Gasteiger partial charge in [-0.3, -0.25) is 24.0 Å². The minimum absolute atomic E-state index is 0.00346. The molecule has 0 aromatic heterocycles. The number of ketones is 1. The van der Waals surface area contributed by atoms with Crippen LogP contribution in [0.15, 0.2) is 65.6 Å². The van der Waals surface area contributed by atoms with Gasteiger partial charge in [-0.2, -0.15) is 0 Å². The van der Waals surface area contributed by atoms with E-state index in [-0.39, 0.29) is 49.1 Å². The van der Waals surface area contributed by atoms with Crippen LogP contribution in [0.3, 0.4) is 0 Å². The van der Waals surface area contributed by atoms with Crippen LogP contribution in [0.5, 0.6) is 0 Å². The normalized spacial score (nSPS) is 19.4. The second kappa shape index (κ2) is 21.8. The number of likely N-dealkylation sites (tertiary alicyclic amines) is 1. The Hall–Kier alpha value is -4.87. The fraction of sp³-hybridized carbons (Fsp3) is 0.561. The van der Waals surface area contributed by atoms with Gasteiger partial charge in [0.05, 0.1) is 30.0 Å². The zero-order valence-corrected chi connectivity index (χ0v) is 34.2. The van der Waals surface area contributed by atoms with Gasteiger partial charge in [0.2, 0.25) is 27.7 Å². The Kier molecular flexibility index (Phi) is 17.2. The first-order chi connectivity index (χ1) is 27.6. The lowest BCUT2D eigenvalue weighted by molar-refractivity contribution is -0.142. The van der Waals surface area contributed by atoms with Gasteiger partial charge in [0.15, 0.2) is 11.9 Å². The Morgan fingerprint density at radius 2 is 1.57 bits per heavy atom. The molecule has 58 heavy (non-hydrogen) atoms. The number of nitrogens with zero attached hydrogens (tertiary/aromatic N) is 1. The minimum Gasteiger partial charge on any atom is -0.449 e. The number of sulfonamides is 1. The van der Waals surface area contributed by atoms with E-state index in [1.165, 1.54) is 17.0 Å². The van der Waals surface area contributed by atoms with Crippen LogP contribution in [0.4, 0.5) is 4.79 Å². The predicted molar refractivity (Wildman–Crippen MR) is 214 cm³/mol. The molecule has 1 aliphatic heterocycles. The number of nitrogens with one attached hydrogen (secondary N) is 4. The number of primary amides is 1. The molecule has 2 aromatic carbocycles. The monoisotopic (exact) mass is 826 g/mol. The highest BCUT2D eigenvalue weighted by atomic mass is 32.2. The lowest BCUT2D eigenvalue weighted by Gasteiger charge is -2.35. The van der Waals surface area contributed by atoms with Crippen LogP contribution in [0.25, 0.3) is 0 Å². The molecule has 1 unspecified atom stereocenters. The number of hydrogen-bond acceptors (Lipinski definition) is 10. The van der Waals surface area contributed by atoms with Crippen molar-refractivity contribution in [3.63, 3.8) is 0 Å². The van der Waals surface area contributed by atoms with E-state index >= 15 is 0 Å². The minimum atomic E-state index is -4.07. The summed E-state index contributed by atoms with van der Waals surface area (Å²) in [7, 11) is -4.07. The van der Waals surface area contributed by atoms with Crippen molar-refractivity contribution in [1.82, 2.24) is 25.6 Å². The molecule has 4 rings (SSSR count). The average molecular weight is 827 g/mol. The summed E-state index contributed by atoms with van der Waals surface area (Å²) in [5, 5.41) is 19.0. The molecule has 318 valence electrons. The quantitative estimate of drug-likeness (QED) is 0.114. The number of carbonyl (C=O) groups is 6. The van der Waals surface area contributed by atoms with Gasteiger partial charge < -0.3 is 36.4 Å². The summed E-state index contributed by atoms with van der Waals surface area (Å²) in [5.41, 5.74) is 6.09. The molecule has 0 spiro atoms. The second-order valence-electron chi connectivity index (χ2n) is 15.6. The van der Waals surface area contributed by atoms with E-state index in [2.05, 4.69) is 20.7 Å². The third-order valence-electron chi connectivity index (χ3n) is 10.5. The number of alkyl carbamates (subject to hydrolysis) is 1. The van der Waals surface area contributed by atoms with E-state index in [9.17, 15) is 42.3 Å². The van der Waals surface area contributed by atoms with E-state index in [1.54, 1.807) is 55.5 Å². The largest absolute Gasteiger partial charge is 0.449 e. The van der Waals surface area contributed by atoms with E-state index in [0.717, 1.165) is 19.3 Å². The Balaban J connectivity index is 1.53. The zero-order valence-electron chi connectivity index (χ0n) is 33.4. The molecule has 2 aliphatic rings. The number of rotatable bonds is 20. The third-order valence-corrected chi connectivity index (χ3v) is 12.0. The number of aliphatic hydroxyl groups is 1. The maximum atomic E-state index is 14.6. The number of hydrogen-bond donors (Lipinski definition) is 6. The van der Waals surface area contributed by atoms with Gasteiger partial charge >= 0.3 is 6.09 Å². The number of nitrogens with two attached hydrogens (primary N) is 1. The highest BCUT2D eigenvalue weighted by Crippen LogP contribution is 2.30. The Morgan fingerprint density at radius 3 is 2.17 bits per heavy atom. The van der Waals surface area contributed by atoms with Crippen LogP contribution in [0.2, 0.25) is 0 Å². The van der Waals surface area contributed by atoms with Crippen LogP contribution < -0.4 is 26.4 Å². The maximum Gasteiger partial charge on any atom is 0.407 e. The highest BCUT2D eigenvalue weighted by Gasteiger charge is 2.46. The number of aliphatic hydroxyl groups excluding tert-OH is 1. The molecular formula is C41H58N6O10S. The molecule has 1 saturated heterocycles. The second-order valence-corrected chi connectivity index (χ2v) is 17.3. The molecule has 1 aliphatic carbocycles. The van der Waals surface area contributed by atoms with Gasteiger partial charge in [-0.15, -0.1) is 0 Å². The fourth-order valence-electron chi connectivity index (χ4n) is 7.48. The molecular weight excluding hydrogens is 769 g/mol. The Bertz CT molecular complexity index is 1820. The summed E-state index contributed by atoms with van der Waals surface area (Å²) >= 11 is 0. The van der Waals surface area contributed by atoms with Crippen LogP contribution in [0, 0.1) is 11.8 Å². The van der Waals surface area contributed by atoms with E-state index in [4.69, 9.17) is 10.5 Å². The standard InChI is InChI=1S/C41H58N6O10S/c1-4-14-33(36(49)39(52)43-23-30(48)22-32(37(42)50)27-15-8-5-9-16-27)44-38(51)34-21-29(46-58(55,56)31-19-12-7-13-20-31)24-47(34)40(53)35(28-17-10-6-11-18-28)45-41(54)57-25-26(2)3/h5,7-9,12-13,15-16,19-20,26,28-29,32-36,46,49H,4,6,10-11,14,17-18,21-25H2,1-3H3,(H2,42,50)(H,43,52)(H,44,51)(H,45,54)/t29-,32+,33+,34?,35+,36+/m1/s1. The van der Waals surface area contributed by atoms with Crippen molar-refractivity contribution in [2.75, 3.05) is 19.7 Å². The van der Waals surface area contributed by atoms with Gasteiger partial charge in [-0.05, 0) is 55.2 Å². The van der Waals surface area contributed by atoms with Crippen LogP contribution >= 0.6 is 0 Å². The van der Waals surface area contributed by atoms with Crippen molar-refractivity contribution < 1.29 is 47.0 Å². The number of carbonyl (C=O) groups excluding carboxylic acids is 6. The first kappa shape index (κ1) is 45.8. The molecule has 17 heteroatoms. The molecule has 2 aromatic rings. The van der Waals surface area contributed by atoms with Crippen molar-refractivity contribution in [1.29, 1.82) is 0 Å². The van der Waals surface area contributed by atoms with E-state index in [0.29, 0.717) is 24.8 Å². The molecule has 5 amide bonds. The summed E-state index contributed by atoms with van der Waals surface area (Å²) in [5.74, 6) is -4.63. The third kappa shape index (κ3) is 13.1. The van der Waals surface area contributed by atoms with Crippen molar-refractivity contribution in [3.8, 4) is 0 Å². The number of benzene rings is 2. The maximum absolute atomic E-state index is 14.6. The molecule has 2 fully saturated rings. The van der Waals surface area contributed by atoms with Gasteiger partial charge in [-0.25, -0.2) is 17.9 Å². The van der Waals surface area contributed by atoms with Crippen molar-refractivity contribution in [3.05, 3.63) is 66.2 Å². The van der Waals surface area contributed by atoms with Gasteiger partial charge in [0.1, 0.15) is 12.1 Å². The van der Waals surface area contributed by atoms with Crippen LogP contribution in [-0.4, -0.2) is 104 Å². The summed E-state index contributed by atoms with van der Waals surface area (Å²) in [6.45, 7) is 4.94. The summed E-state index contributed by atoms with van der Waals surface area (Å²) < 4.78 is 34.7. The fourth-order valence-corrected chi connectivity index (χ4v) is 8.74. The van der Waals surface area contributed by atoms with E-state index < -0.39 is 88.3 Å². The number of amides is 5. The molecule has 16 nitrogen and oxygen atoms in total. The summed E-state index contributed by atoms with van der Waals surface area (Å²) in [6, 6.07) is 11.8. The SMILES string of the molecule is CCC[C@H](NC(=O)C1C[C@@H](NS(=O)(=O)c2ccccc2)CN1C(=O)[C@@H](NC(=O)OCC(C)C)C1CCCCC1)[C@H](O)C(=O)NCC(=O)C[C@H](C(N)=O)c1ccccc1. The summed E-state index contributed by atoms with van der Waals surface area (Å²) in [6.07, 6.45) is 1.47. The van der Waals surface area contributed by atoms with Gasteiger partial charge in [0.25, 0.3) is 5.91 Å². The number of ether oxygens (including phenoxy) is 1. The lowest BCUT2D eigenvalue weighted by Crippen LogP contribution is -2.58. The zero-order chi connectivity index (χ0) is 42.4. The number of Topliss-reactive ketones (excluding diaryl/α,β-unsaturated/α-hetero) is 1. The van der Waals surface area contributed by atoms with Gasteiger partial charge in [0, 0.05) is 19.0 Å². The Morgan fingerprint density at radius 1 is 0.931 bits per heavy atom. The molecule has 0 bridgehead atoms. The first-order valence-electron chi connectivity index (χ1n) is 20.0. The predicted octanol–water partition coefficient (Wildman–Crippen LogP) is 2.26. The highest BCUT2D eigenvalue weighted by molar-refractivity contribution is 7.89. The average Bonchev–Trinajstić information content (AvgIpc) is 3.63. The first-order valence-corrected chi connectivity index (χ1v) is 21.5. The van der Waals surface area contributed by atoms with Gasteiger partial charge in [-0.1, -0.05) is 95.0 Å². The molecule has 7 N–H and O–H groups in total. The Labute approximate surface area is 340 Å². The van der Waals surface area contributed by atoms with E-state index in [1.807, 2.05) is 13.8 Å².